The maximum atomic E-state index is 12.9. The molecule has 0 aliphatic carbocycles. The third-order valence-electron chi connectivity index (χ3n) is 2.50. The summed E-state index contributed by atoms with van der Waals surface area (Å²) in [6.45, 7) is 4.84. The smallest absolute Gasteiger partial charge is 0.241 e. The SMILES string of the molecule is CC(C)OCCCCNS(=O)(=O)c1ccc(F)cc1Br. The highest BCUT2D eigenvalue weighted by molar-refractivity contribution is 9.10. The number of benzene rings is 1. The molecule has 0 aromatic heterocycles. The molecular formula is C13H19BrFNO3S. The normalized spacial score (nSPS) is 12.1. The van der Waals surface area contributed by atoms with E-state index >= 15 is 0 Å². The van der Waals surface area contributed by atoms with Crippen LogP contribution >= 0.6 is 15.9 Å². The van der Waals surface area contributed by atoms with Crippen LogP contribution < -0.4 is 4.72 Å². The van der Waals surface area contributed by atoms with E-state index in [1.807, 2.05) is 13.8 Å². The molecular weight excluding hydrogens is 349 g/mol. The Kier molecular flexibility index (Phi) is 7.08. The molecule has 0 radical (unpaired) electrons. The van der Waals surface area contributed by atoms with E-state index in [2.05, 4.69) is 20.7 Å². The predicted octanol–water partition coefficient (Wildman–Crippen LogP) is 3.07. The first kappa shape index (κ1) is 17.6. The lowest BCUT2D eigenvalue weighted by Crippen LogP contribution is -2.25. The summed E-state index contributed by atoms with van der Waals surface area (Å²) in [6, 6.07) is 3.49. The highest BCUT2D eigenvalue weighted by atomic mass is 79.9. The van der Waals surface area contributed by atoms with Crippen molar-refractivity contribution >= 4 is 26.0 Å². The molecule has 0 saturated heterocycles. The fourth-order valence-electron chi connectivity index (χ4n) is 1.52. The summed E-state index contributed by atoms with van der Waals surface area (Å²) in [5.74, 6) is -0.485. The van der Waals surface area contributed by atoms with Gasteiger partial charge in [0.1, 0.15) is 5.82 Å². The highest BCUT2D eigenvalue weighted by Crippen LogP contribution is 2.22. The van der Waals surface area contributed by atoms with Gasteiger partial charge in [-0.3, -0.25) is 0 Å². The summed E-state index contributed by atoms with van der Waals surface area (Å²) < 4.78 is 45.0. The number of rotatable bonds is 8. The lowest BCUT2D eigenvalue weighted by atomic mass is 10.3. The Bertz CT molecular complexity index is 534. The number of sulfonamides is 1. The van der Waals surface area contributed by atoms with Crippen LogP contribution in [-0.2, 0) is 14.8 Å². The monoisotopic (exact) mass is 367 g/mol. The van der Waals surface area contributed by atoms with E-state index in [9.17, 15) is 12.8 Å². The van der Waals surface area contributed by atoms with Gasteiger partial charge in [-0.15, -0.1) is 0 Å². The second-order valence-electron chi connectivity index (χ2n) is 4.60. The van der Waals surface area contributed by atoms with E-state index in [0.717, 1.165) is 18.6 Å². The minimum atomic E-state index is -3.62. The number of hydrogen-bond acceptors (Lipinski definition) is 3. The summed E-state index contributed by atoms with van der Waals surface area (Å²) in [6.07, 6.45) is 1.65. The topological polar surface area (TPSA) is 55.4 Å². The molecule has 7 heteroatoms. The van der Waals surface area contributed by atoms with Crippen molar-refractivity contribution in [2.24, 2.45) is 0 Å². The van der Waals surface area contributed by atoms with Crippen LogP contribution in [0.25, 0.3) is 0 Å². The van der Waals surface area contributed by atoms with E-state index in [4.69, 9.17) is 4.74 Å². The molecule has 114 valence electrons. The number of halogens is 2. The van der Waals surface area contributed by atoms with Gasteiger partial charge in [-0.2, -0.15) is 0 Å². The van der Waals surface area contributed by atoms with Gasteiger partial charge in [0, 0.05) is 17.6 Å². The zero-order valence-corrected chi connectivity index (χ0v) is 13.9. The van der Waals surface area contributed by atoms with Gasteiger partial charge in [0.2, 0.25) is 10.0 Å². The van der Waals surface area contributed by atoms with E-state index in [-0.39, 0.29) is 15.5 Å². The first-order valence-corrected chi connectivity index (χ1v) is 8.67. The fourth-order valence-corrected chi connectivity index (χ4v) is 3.65. The molecule has 0 bridgehead atoms. The van der Waals surface area contributed by atoms with Crippen molar-refractivity contribution in [2.75, 3.05) is 13.2 Å². The highest BCUT2D eigenvalue weighted by Gasteiger charge is 2.17. The Labute approximate surface area is 127 Å². The minimum absolute atomic E-state index is 0.0392. The lowest BCUT2D eigenvalue weighted by Gasteiger charge is -2.09. The molecule has 0 fully saturated rings. The number of unbranched alkanes of at least 4 members (excludes halogenated alkanes) is 1. The molecule has 1 aromatic rings. The molecule has 0 heterocycles. The Morgan fingerprint density at radius 2 is 2.05 bits per heavy atom. The molecule has 0 amide bonds. The zero-order chi connectivity index (χ0) is 15.2. The average molecular weight is 368 g/mol. The van der Waals surface area contributed by atoms with Crippen LogP contribution in [0.2, 0.25) is 0 Å². The third kappa shape index (κ3) is 5.87. The van der Waals surface area contributed by atoms with Gasteiger partial charge < -0.3 is 4.74 Å². The van der Waals surface area contributed by atoms with Crippen molar-refractivity contribution in [3.63, 3.8) is 0 Å². The van der Waals surface area contributed by atoms with Crippen molar-refractivity contribution in [1.82, 2.24) is 4.72 Å². The summed E-state index contributed by atoms with van der Waals surface area (Å²) in [7, 11) is -3.62. The molecule has 0 saturated carbocycles. The lowest BCUT2D eigenvalue weighted by molar-refractivity contribution is 0.0762. The van der Waals surface area contributed by atoms with E-state index in [1.165, 1.54) is 6.07 Å². The van der Waals surface area contributed by atoms with Crippen molar-refractivity contribution in [2.45, 2.75) is 37.7 Å². The molecule has 0 aliphatic heterocycles. The Hall–Kier alpha value is -0.500. The zero-order valence-electron chi connectivity index (χ0n) is 11.5. The Morgan fingerprint density at radius 1 is 1.35 bits per heavy atom. The number of ether oxygens (including phenoxy) is 1. The van der Waals surface area contributed by atoms with Gasteiger partial charge in [-0.05, 0) is 60.8 Å². The molecule has 0 atom stereocenters. The van der Waals surface area contributed by atoms with E-state index in [1.54, 1.807) is 0 Å². The quantitative estimate of drug-likeness (QED) is 0.718. The molecule has 20 heavy (non-hydrogen) atoms. The van der Waals surface area contributed by atoms with Gasteiger partial charge >= 0.3 is 0 Å². The summed E-state index contributed by atoms with van der Waals surface area (Å²) >= 11 is 3.05. The van der Waals surface area contributed by atoms with Gasteiger partial charge in [-0.1, -0.05) is 0 Å². The van der Waals surface area contributed by atoms with Gasteiger partial charge in [-0.25, -0.2) is 17.5 Å². The molecule has 0 unspecified atom stereocenters. The maximum Gasteiger partial charge on any atom is 0.241 e. The van der Waals surface area contributed by atoms with Crippen molar-refractivity contribution in [3.8, 4) is 0 Å². The van der Waals surface area contributed by atoms with Crippen LogP contribution in [0.4, 0.5) is 4.39 Å². The minimum Gasteiger partial charge on any atom is -0.379 e. The summed E-state index contributed by atoms with van der Waals surface area (Å²) in [5, 5.41) is 0. The van der Waals surface area contributed by atoms with Crippen LogP contribution in [0, 0.1) is 5.82 Å². The molecule has 1 N–H and O–H groups in total. The predicted molar refractivity (Wildman–Crippen MR) is 79.6 cm³/mol. The van der Waals surface area contributed by atoms with Crippen LogP contribution in [-0.4, -0.2) is 27.7 Å². The third-order valence-corrected chi connectivity index (χ3v) is 4.94. The largest absolute Gasteiger partial charge is 0.379 e. The summed E-state index contributed by atoms with van der Waals surface area (Å²) in [5.41, 5.74) is 0. The van der Waals surface area contributed by atoms with E-state index in [0.29, 0.717) is 19.6 Å². The molecule has 1 rings (SSSR count). The van der Waals surface area contributed by atoms with Crippen molar-refractivity contribution in [3.05, 3.63) is 28.5 Å². The van der Waals surface area contributed by atoms with Gasteiger partial charge in [0.05, 0.1) is 11.0 Å². The first-order valence-electron chi connectivity index (χ1n) is 6.39. The Balaban J connectivity index is 2.46. The molecule has 4 nitrogen and oxygen atoms in total. The number of nitrogens with one attached hydrogen (secondary N) is 1. The van der Waals surface area contributed by atoms with Crippen molar-refractivity contribution in [1.29, 1.82) is 0 Å². The van der Waals surface area contributed by atoms with Crippen LogP contribution in [0.1, 0.15) is 26.7 Å². The van der Waals surface area contributed by atoms with Gasteiger partial charge in [0.25, 0.3) is 0 Å². The fraction of sp³-hybridized carbons (Fsp3) is 0.538. The first-order chi connectivity index (χ1) is 9.33. The second kappa shape index (κ2) is 8.07. The van der Waals surface area contributed by atoms with Crippen LogP contribution in [0.5, 0.6) is 0 Å². The molecule has 1 aromatic carbocycles. The molecule has 0 spiro atoms. The standard InChI is InChI=1S/C13H19BrFNO3S/c1-10(2)19-8-4-3-7-16-20(17,18)13-6-5-11(15)9-12(13)14/h5-6,9-10,16H,3-4,7-8H2,1-2H3. The second-order valence-corrected chi connectivity index (χ2v) is 7.19. The number of hydrogen-bond donors (Lipinski definition) is 1. The average Bonchev–Trinajstić information content (AvgIpc) is 2.32. The van der Waals surface area contributed by atoms with Crippen LogP contribution in [0.15, 0.2) is 27.6 Å². The van der Waals surface area contributed by atoms with Crippen molar-refractivity contribution < 1.29 is 17.5 Å². The molecule has 0 aliphatic rings. The summed E-state index contributed by atoms with van der Waals surface area (Å²) in [4.78, 5) is 0.0392. The van der Waals surface area contributed by atoms with Gasteiger partial charge in [0.15, 0.2) is 0 Å². The van der Waals surface area contributed by atoms with Crippen LogP contribution in [0.3, 0.4) is 0 Å². The Morgan fingerprint density at radius 3 is 2.65 bits per heavy atom. The van der Waals surface area contributed by atoms with E-state index < -0.39 is 15.8 Å². The maximum absolute atomic E-state index is 12.9.